The number of ether oxygens (including phenoxy) is 1. The molecular formula is C21H25N3O6S. The molecule has 2 N–H and O–H groups in total. The summed E-state index contributed by atoms with van der Waals surface area (Å²) in [4.78, 5) is 25.5. The summed E-state index contributed by atoms with van der Waals surface area (Å²) in [6.45, 7) is 1.63. The van der Waals surface area contributed by atoms with Crippen LogP contribution in [0.2, 0.25) is 0 Å². The van der Waals surface area contributed by atoms with E-state index >= 15 is 0 Å². The Hall–Kier alpha value is -3.37. The van der Waals surface area contributed by atoms with Gasteiger partial charge in [-0.1, -0.05) is 0 Å². The Balaban J connectivity index is 2.57. The molecule has 2 aromatic carbocycles. The molecule has 31 heavy (non-hydrogen) atoms. The lowest BCUT2D eigenvalue weighted by atomic mass is 10.0. The molecule has 9 nitrogen and oxygen atoms in total. The Morgan fingerprint density at radius 2 is 1.71 bits per heavy atom. The van der Waals surface area contributed by atoms with Crippen molar-refractivity contribution >= 4 is 33.6 Å². The summed E-state index contributed by atoms with van der Waals surface area (Å²) in [5.41, 5.74) is 2.52. The van der Waals surface area contributed by atoms with Crippen LogP contribution in [0.3, 0.4) is 0 Å². The van der Waals surface area contributed by atoms with Gasteiger partial charge < -0.3 is 9.64 Å². The number of carbonyl (C=O) groups excluding carboxylic acids is 2. The van der Waals surface area contributed by atoms with Gasteiger partial charge >= 0.3 is 0 Å². The maximum atomic E-state index is 13.1. The number of carbonyl (C=O) groups is 2. The van der Waals surface area contributed by atoms with Crippen molar-refractivity contribution in [2.45, 2.75) is 11.8 Å². The van der Waals surface area contributed by atoms with Crippen molar-refractivity contribution in [3.63, 3.8) is 0 Å². The van der Waals surface area contributed by atoms with Crippen LogP contribution in [0, 0.1) is 6.92 Å². The lowest BCUT2D eigenvalue weighted by molar-refractivity contribution is -0.123. The molecule has 0 radical (unpaired) electrons. The van der Waals surface area contributed by atoms with E-state index in [9.17, 15) is 23.2 Å². The zero-order valence-electron chi connectivity index (χ0n) is 17.9. The molecule has 0 aliphatic carbocycles. The Morgan fingerprint density at radius 1 is 1.10 bits per heavy atom. The molecule has 0 saturated heterocycles. The van der Waals surface area contributed by atoms with Gasteiger partial charge in [-0.2, -0.15) is 0 Å². The Bertz CT molecular complexity index is 1110. The van der Waals surface area contributed by atoms with E-state index in [-0.39, 0.29) is 22.1 Å². The second-order valence-corrected chi connectivity index (χ2v) is 8.86. The SMILES string of the molecule is COc1ccc(S(=O)(=O)N(C)c2c(C)cc(C=CC(=O)N(C)C)cc2C(=O)NO)cc1. The first-order chi connectivity index (χ1) is 14.5. The third-order valence-corrected chi connectivity index (χ3v) is 6.33. The topological polar surface area (TPSA) is 116 Å². The van der Waals surface area contributed by atoms with Crippen molar-refractivity contribution in [2.75, 3.05) is 32.6 Å². The molecule has 2 aromatic rings. The first-order valence-corrected chi connectivity index (χ1v) is 10.6. The van der Waals surface area contributed by atoms with E-state index in [2.05, 4.69) is 0 Å². The van der Waals surface area contributed by atoms with E-state index in [1.807, 2.05) is 0 Å². The van der Waals surface area contributed by atoms with Gasteiger partial charge in [0.15, 0.2) is 0 Å². The Kier molecular flexibility index (Phi) is 7.42. The minimum absolute atomic E-state index is 0.00566. The first-order valence-electron chi connectivity index (χ1n) is 9.14. The molecule has 0 aliphatic rings. The number of anilines is 1. The number of nitrogens with zero attached hydrogens (tertiary/aromatic N) is 2. The van der Waals surface area contributed by atoms with E-state index in [1.54, 1.807) is 32.6 Å². The molecule has 166 valence electrons. The summed E-state index contributed by atoms with van der Waals surface area (Å²) >= 11 is 0. The number of methoxy groups -OCH3 is 1. The molecule has 0 spiro atoms. The molecule has 0 fully saturated rings. The molecule has 0 bridgehead atoms. The standard InChI is InChI=1S/C21H25N3O6S/c1-14-12-15(6-11-19(25)23(2)3)13-18(21(26)22-27)20(14)24(4)31(28,29)17-9-7-16(30-5)8-10-17/h6-13,27H,1-5H3,(H,22,26). The van der Waals surface area contributed by atoms with Crippen molar-refractivity contribution in [3.8, 4) is 5.75 Å². The average Bonchev–Trinajstić information content (AvgIpc) is 2.75. The lowest BCUT2D eigenvalue weighted by Crippen LogP contribution is -2.31. The van der Waals surface area contributed by atoms with E-state index in [1.165, 1.54) is 61.5 Å². The molecule has 2 rings (SSSR count). The summed E-state index contributed by atoms with van der Waals surface area (Å²) in [5, 5.41) is 9.18. The van der Waals surface area contributed by atoms with Crippen LogP contribution < -0.4 is 14.5 Å². The number of hydrogen-bond acceptors (Lipinski definition) is 6. The number of likely N-dealkylation sites (N-methyl/N-ethyl adjacent to an activating group) is 1. The van der Waals surface area contributed by atoms with Crippen LogP contribution in [0.5, 0.6) is 5.75 Å². The molecule has 0 aliphatic heterocycles. The number of aryl methyl sites for hydroxylation is 1. The third-order valence-electron chi connectivity index (χ3n) is 4.56. The Morgan fingerprint density at radius 3 is 2.23 bits per heavy atom. The van der Waals surface area contributed by atoms with Gasteiger partial charge in [0.25, 0.3) is 15.9 Å². The fourth-order valence-corrected chi connectivity index (χ4v) is 4.18. The van der Waals surface area contributed by atoms with Gasteiger partial charge in [-0.3, -0.25) is 19.1 Å². The van der Waals surface area contributed by atoms with Gasteiger partial charge in [-0.15, -0.1) is 0 Å². The molecule has 2 amide bonds. The zero-order chi connectivity index (χ0) is 23.3. The summed E-state index contributed by atoms with van der Waals surface area (Å²) in [6, 6.07) is 8.87. The second-order valence-electron chi connectivity index (χ2n) is 6.89. The van der Waals surface area contributed by atoms with E-state index in [0.29, 0.717) is 16.9 Å². The highest BCUT2D eigenvalue weighted by molar-refractivity contribution is 7.92. The van der Waals surface area contributed by atoms with Gasteiger partial charge in [0.2, 0.25) is 5.91 Å². The minimum atomic E-state index is -4.02. The van der Waals surface area contributed by atoms with Crippen molar-refractivity contribution in [3.05, 3.63) is 59.2 Å². The minimum Gasteiger partial charge on any atom is -0.497 e. The molecule has 0 atom stereocenters. The maximum Gasteiger partial charge on any atom is 0.276 e. The van der Waals surface area contributed by atoms with Crippen LogP contribution in [0.1, 0.15) is 21.5 Å². The predicted octanol–water partition coefficient (Wildman–Crippen LogP) is 2.05. The van der Waals surface area contributed by atoms with Gasteiger partial charge in [0.1, 0.15) is 5.75 Å². The summed E-state index contributed by atoms with van der Waals surface area (Å²) in [5.74, 6) is -0.639. The number of sulfonamides is 1. The number of nitrogens with one attached hydrogen (secondary N) is 1. The van der Waals surface area contributed by atoms with Crippen LogP contribution in [0.4, 0.5) is 5.69 Å². The van der Waals surface area contributed by atoms with Gasteiger partial charge in [-0.25, -0.2) is 13.9 Å². The monoisotopic (exact) mass is 447 g/mol. The predicted molar refractivity (Wildman–Crippen MR) is 117 cm³/mol. The van der Waals surface area contributed by atoms with Crippen molar-refractivity contribution in [1.82, 2.24) is 10.4 Å². The van der Waals surface area contributed by atoms with Crippen molar-refractivity contribution in [1.29, 1.82) is 0 Å². The van der Waals surface area contributed by atoms with Crippen molar-refractivity contribution in [2.24, 2.45) is 0 Å². The molecule has 0 saturated carbocycles. The number of amides is 2. The second kappa shape index (κ2) is 9.63. The van der Waals surface area contributed by atoms with Crippen LogP contribution >= 0.6 is 0 Å². The molecule has 0 heterocycles. The van der Waals surface area contributed by atoms with E-state index in [0.717, 1.165) is 4.31 Å². The summed E-state index contributed by atoms with van der Waals surface area (Å²) in [7, 11) is 1.98. The summed E-state index contributed by atoms with van der Waals surface area (Å²) < 4.78 is 32.3. The van der Waals surface area contributed by atoms with Crippen LogP contribution in [-0.2, 0) is 14.8 Å². The summed E-state index contributed by atoms with van der Waals surface area (Å²) in [6.07, 6.45) is 2.83. The fourth-order valence-electron chi connectivity index (χ4n) is 2.90. The van der Waals surface area contributed by atoms with Gasteiger partial charge in [-0.05, 0) is 60.5 Å². The number of rotatable bonds is 7. The van der Waals surface area contributed by atoms with Gasteiger partial charge in [0.05, 0.1) is 23.3 Å². The highest BCUT2D eigenvalue weighted by Crippen LogP contribution is 2.31. The number of benzene rings is 2. The van der Waals surface area contributed by atoms with Crippen molar-refractivity contribution < 1.29 is 28.0 Å². The third kappa shape index (κ3) is 5.22. The van der Waals surface area contributed by atoms with E-state index < -0.39 is 15.9 Å². The van der Waals surface area contributed by atoms with E-state index in [4.69, 9.17) is 4.74 Å². The smallest absolute Gasteiger partial charge is 0.276 e. The highest BCUT2D eigenvalue weighted by atomic mass is 32.2. The normalized spacial score (nSPS) is 11.3. The Labute approximate surface area is 181 Å². The zero-order valence-corrected chi connectivity index (χ0v) is 18.7. The quantitative estimate of drug-likeness (QED) is 0.381. The number of hydroxylamine groups is 1. The largest absolute Gasteiger partial charge is 0.497 e. The molecule has 0 unspecified atom stereocenters. The average molecular weight is 448 g/mol. The molecule has 10 heteroatoms. The van der Waals surface area contributed by atoms with Crippen LogP contribution in [-0.4, -0.2) is 58.6 Å². The van der Waals surface area contributed by atoms with Crippen LogP contribution in [0.15, 0.2) is 47.4 Å². The molecule has 0 aromatic heterocycles. The fraction of sp³-hybridized carbons (Fsp3) is 0.238. The highest BCUT2D eigenvalue weighted by Gasteiger charge is 2.27. The van der Waals surface area contributed by atoms with Crippen LogP contribution in [0.25, 0.3) is 6.08 Å². The van der Waals surface area contributed by atoms with Gasteiger partial charge in [0, 0.05) is 27.2 Å². The lowest BCUT2D eigenvalue weighted by Gasteiger charge is -2.24. The molecular weight excluding hydrogens is 422 g/mol. The number of hydrogen-bond donors (Lipinski definition) is 2. The first kappa shape index (κ1) is 23.9. The maximum absolute atomic E-state index is 13.1.